The van der Waals surface area contributed by atoms with Crippen LogP contribution in [0.3, 0.4) is 0 Å². The maximum absolute atomic E-state index is 10.5. The van der Waals surface area contributed by atoms with E-state index in [1.165, 1.54) is 19.2 Å². The van der Waals surface area contributed by atoms with Gasteiger partial charge in [0.05, 0.1) is 18.1 Å². The van der Waals surface area contributed by atoms with E-state index in [2.05, 4.69) is 5.92 Å². The minimum Gasteiger partial charge on any atom is -0.497 e. The zero-order valence-corrected chi connectivity index (χ0v) is 6.98. The van der Waals surface area contributed by atoms with E-state index >= 15 is 0 Å². The molecular weight excluding hydrogens is 170 g/mol. The quantitative estimate of drug-likeness (QED) is 0.391. The number of hydrogen-bond donors (Lipinski definition) is 0. The van der Waals surface area contributed by atoms with E-state index in [0.29, 0.717) is 5.75 Å². The van der Waals surface area contributed by atoms with Crippen LogP contribution >= 0.6 is 0 Å². The van der Waals surface area contributed by atoms with Crippen LogP contribution < -0.4 is 4.74 Å². The lowest BCUT2D eigenvalue weighted by atomic mass is 10.2. The van der Waals surface area contributed by atoms with E-state index in [0.717, 1.165) is 0 Å². The van der Waals surface area contributed by atoms with E-state index in [9.17, 15) is 10.1 Å². The third-order valence-electron chi connectivity index (χ3n) is 1.56. The van der Waals surface area contributed by atoms with Gasteiger partial charge in [0.2, 0.25) is 0 Å². The molecule has 0 bridgehead atoms. The van der Waals surface area contributed by atoms with Crippen molar-refractivity contribution < 1.29 is 9.66 Å². The van der Waals surface area contributed by atoms with Crippen LogP contribution in [0.25, 0.3) is 0 Å². The average Bonchev–Trinajstić information content (AvgIpc) is 2.16. The van der Waals surface area contributed by atoms with Crippen molar-refractivity contribution in [2.24, 2.45) is 0 Å². The van der Waals surface area contributed by atoms with Crippen LogP contribution in [-0.2, 0) is 0 Å². The van der Waals surface area contributed by atoms with Crippen molar-refractivity contribution in [3.05, 3.63) is 33.9 Å². The van der Waals surface area contributed by atoms with Crippen LogP contribution in [0.5, 0.6) is 5.75 Å². The van der Waals surface area contributed by atoms with E-state index in [1.807, 2.05) is 0 Å². The first-order valence-corrected chi connectivity index (χ1v) is 3.48. The molecule has 4 nitrogen and oxygen atoms in total. The molecule has 4 heteroatoms. The van der Waals surface area contributed by atoms with Crippen LogP contribution in [0.1, 0.15) is 5.56 Å². The molecule has 66 valence electrons. The number of nitro benzene ring substituents is 1. The highest BCUT2D eigenvalue weighted by molar-refractivity contribution is 5.53. The van der Waals surface area contributed by atoms with Crippen LogP contribution in [0.2, 0.25) is 0 Å². The van der Waals surface area contributed by atoms with E-state index < -0.39 is 4.92 Å². The van der Waals surface area contributed by atoms with Gasteiger partial charge in [-0.15, -0.1) is 6.42 Å². The average molecular weight is 177 g/mol. The predicted molar refractivity (Wildman–Crippen MR) is 47.6 cm³/mol. The van der Waals surface area contributed by atoms with Crippen molar-refractivity contribution in [1.82, 2.24) is 0 Å². The first-order chi connectivity index (χ1) is 6.19. The summed E-state index contributed by atoms with van der Waals surface area (Å²) in [6.45, 7) is 0. The molecular formula is C9H7NO3. The number of ether oxygens (including phenoxy) is 1. The van der Waals surface area contributed by atoms with E-state index in [1.54, 1.807) is 6.07 Å². The molecule has 13 heavy (non-hydrogen) atoms. The highest BCUT2D eigenvalue weighted by atomic mass is 16.6. The van der Waals surface area contributed by atoms with Gasteiger partial charge in [0.25, 0.3) is 5.69 Å². The fourth-order valence-electron chi connectivity index (χ4n) is 0.912. The lowest BCUT2D eigenvalue weighted by Gasteiger charge is -1.99. The minimum atomic E-state index is -0.530. The van der Waals surface area contributed by atoms with Crippen molar-refractivity contribution >= 4 is 5.69 Å². The molecule has 0 unspecified atom stereocenters. The van der Waals surface area contributed by atoms with Gasteiger partial charge in [-0.1, -0.05) is 5.92 Å². The van der Waals surface area contributed by atoms with Gasteiger partial charge in [-0.05, 0) is 12.1 Å². The van der Waals surface area contributed by atoms with E-state index in [-0.39, 0.29) is 11.3 Å². The third kappa shape index (κ3) is 1.76. The summed E-state index contributed by atoms with van der Waals surface area (Å²) in [5.74, 6) is 2.65. The number of rotatable bonds is 2. The highest BCUT2D eigenvalue weighted by Gasteiger charge is 2.12. The summed E-state index contributed by atoms with van der Waals surface area (Å²) in [7, 11) is 1.44. The normalized spacial score (nSPS) is 8.92. The summed E-state index contributed by atoms with van der Waals surface area (Å²) in [4.78, 5) is 9.97. The molecule has 0 saturated carbocycles. The summed E-state index contributed by atoms with van der Waals surface area (Å²) in [6.07, 6.45) is 5.08. The second-order valence-corrected chi connectivity index (χ2v) is 2.28. The van der Waals surface area contributed by atoms with Gasteiger partial charge in [-0.2, -0.15) is 0 Å². The molecule has 0 aliphatic carbocycles. The van der Waals surface area contributed by atoms with Gasteiger partial charge in [0.15, 0.2) is 0 Å². The zero-order valence-electron chi connectivity index (χ0n) is 6.98. The standard InChI is InChI=1S/C9H7NO3/c1-3-7-4-5-8(13-2)6-9(7)10(11)12/h1,4-6H,2H3. The van der Waals surface area contributed by atoms with Crippen molar-refractivity contribution in [2.45, 2.75) is 0 Å². The Balaban J connectivity index is 3.28. The number of nitro groups is 1. The molecule has 0 saturated heterocycles. The molecule has 1 aromatic rings. The monoisotopic (exact) mass is 177 g/mol. The molecule has 0 heterocycles. The molecule has 0 aliphatic rings. The van der Waals surface area contributed by atoms with Crippen molar-refractivity contribution in [3.63, 3.8) is 0 Å². The Bertz CT molecular complexity index is 379. The summed E-state index contributed by atoms with van der Waals surface area (Å²) in [5.41, 5.74) is 0.146. The molecule has 0 aliphatic heterocycles. The van der Waals surface area contributed by atoms with Crippen LogP contribution in [0, 0.1) is 22.5 Å². The zero-order chi connectivity index (χ0) is 9.84. The number of hydrogen-bond acceptors (Lipinski definition) is 3. The maximum atomic E-state index is 10.5. The number of benzene rings is 1. The molecule has 0 amide bonds. The Morgan fingerprint density at radius 3 is 2.77 bits per heavy atom. The number of methoxy groups -OCH3 is 1. The fourth-order valence-corrected chi connectivity index (χ4v) is 0.912. The predicted octanol–water partition coefficient (Wildman–Crippen LogP) is 1.58. The Morgan fingerprint density at radius 1 is 1.62 bits per heavy atom. The maximum Gasteiger partial charge on any atom is 0.288 e. The summed E-state index contributed by atoms with van der Waals surface area (Å²) < 4.78 is 4.83. The first-order valence-electron chi connectivity index (χ1n) is 3.48. The van der Waals surface area contributed by atoms with Crippen LogP contribution in [-0.4, -0.2) is 12.0 Å². The van der Waals surface area contributed by atoms with Crippen molar-refractivity contribution in [1.29, 1.82) is 0 Å². The van der Waals surface area contributed by atoms with E-state index in [4.69, 9.17) is 11.2 Å². The molecule has 0 radical (unpaired) electrons. The van der Waals surface area contributed by atoms with Gasteiger partial charge in [0, 0.05) is 0 Å². The summed E-state index contributed by atoms with van der Waals surface area (Å²) >= 11 is 0. The molecule has 0 aromatic heterocycles. The largest absolute Gasteiger partial charge is 0.497 e. The van der Waals surface area contributed by atoms with Gasteiger partial charge < -0.3 is 4.74 Å². The Hall–Kier alpha value is -2.02. The van der Waals surface area contributed by atoms with Crippen molar-refractivity contribution in [3.8, 4) is 18.1 Å². The third-order valence-corrected chi connectivity index (χ3v) is 1.56. The molecule has 1 aromatic carbocycles. The van der Waals surface area contributed by atoms with Crippen molar-refractivity contribution in [2.75, 3.05) is 7.11 Å². The summed E-state index contributed by atoms with van der Waals surface area (Å²) in [5, 5.41) is 10.5. The lowest BCUT2D eigenvalue weighted by molar-refractivity contribution is -0.385. The lowest BCUT2D eigenvalue weighted by Crippen LogP contribution is -1.93. The molecule has 0 spiro atoms. The second-order valence-electron chi connectivity index (χ2n) is 2.28. The molecule has 0 atom stereocenters. The van der Waals surface area contributed by atoms with Gasteiger partial charge >= 0.3 is 0 Å². The second kappa shape index (κ2) is 3.59. The Kier molecular flexibility index (Phi) is 2.50. The Labute approximate surface area is 75.3 Å². The Morgan fingerprint density at radius 2 is 2.31 bits per heavy atom. The SMILES string of the molecule is C#Cc1ccc(OC)cc1[N+](=O)[O-]. The van der Waals surface area contributed by atoms with Gasteiger partial charge in [0.1, 0.15) is 11.3 Å². The number of nitrogens with zero attached hydrogens (tertiary/aromatic N) is 1. The molecule has 0 N–H and O–H groups in total. The fraction of sp³-hybridized carbons (Fsp3) is 0.111. The molecule has 1 rings (SSSR count). The topological polar surface area (TPSA) is 52.4 Å². The van der Waals surface area contributed by atoms with Gasteiger partial charge in [-0.3, -0.25) is 10.1 Å². The smallest absolute Gasteiger partial charge is 0.288 e. The minimum absolute atomic E-state index is 0.109. The molecule has 0 fully saturated rings. The highest BCUT2D eigenvalue weighted by Crippen LogP contribution is 2.23. The van der Waals surface area contributed by atoms with Crippen LogP contribution in [0.15, 0.2) is 18.2 Å². The van der Waals surface area contributed by atoms with Crippen LogP contribution in [0.4, 0.5) is 5.69 Å². The first kappa shape index (κ1) is 9.07. The summed E-state index contributed by atoms with van der Waals surface area (Å²) in [6, 6.07) is 4.37. The van der Waals surface area contributed by atoms with Gasteiger partial charge in [-0.25, -0.2) is 0 Å². The number of terminal acetylenes is 1.